The number of nitrogens with one attached hydrogen (secondary N) is 1. The Kier molecular flexibility index (Phi) is 4.49. The van der Waals surface area contributed by atoms with E-state index in [0.717, 1.165) is 23.4 Å². The number of H-pyrrole nitrogens is 1. The average molecular weight is 511 g/mol. The summed E-state index contributed by atoms with van der Waals surface area (Å²) < 4.78 is 35.0. The summed E-state index contributed by atoms with van der Waals surface area (Å²) in [6, 6.07) is 3.48. The van der Waals surface area contributed by atoms with Gasteiger partial charge in [0.05, 0.1) is 19.4 Å². The van der Waals surface area contributed by atoms with Crippen LogP contribution in [0.1, 0.15) is 87.7 Å². The van der Waals surface area contributed by atoms with E-state index in [4.69, 9.17) is 17.0 Å². The summed E-state index contributed by atoms with van der Waals surface area (Å²) in [5, 5.41) is 10.7. The Morgan fingerprint density at radius 2 is 1.51 bits per heavy atom. The van der Waals surface area contributed by atoms with Gasteiger partial charge in [0.1, 0.15) is 5.60 Å². The van der Waals surface area contributed by atoms with Gasteiger partial charge in [-0.1, -0.05) is 0 Å². The zero-order chi connectivity index (χ0) is 27.4. The number of nitrogens with zero attached hydrogens (tertiary/aromatic N) is 3. The Morgan fingerprint density at radius 1 is 0.973 bits per heavy atom. The van der Waals surface area contributed by atoms with E-state index >= 15 is 0 Å². The van der Waals surface area contributed by atoms with Crippen LogP contribution in [0, 0.1) is 33.4 Å². The molecule has 0 atom stereocenters. The maximum atomic E-state index is 11.9. The van der Waals surface area contributed by atoms with Crippen molar-refractivity contribution in [3.8, 4) is 11.8 Å². The number of carbonyl (C=O) groups excluding carboxylic acids is 1. The van der Waals surface area contributed by atoms with Crippen LogP contribution in [0.2, 0.25) is 0 Å². The minimum absolute atomic E-state index is 0.153. The highest BCUT2D eigenvalue weighted by Gasteiger charge is 2.86. The second kappa shape index (κ2) is 7.76. The van der Waals surface area contributed by atoms with Crippen molar-refractivity contribution in [2.24, 2.45) is 33.4 Å². The van der Waals surface area contributed by atoms with Crippen LogP contribution in [0.3, 0.4) is 0 Å². The van der Waals surface area contributed by atoms with E-state index < -0.39 is 11.7 Å². The van der Waals surface area contributed by atoms with E-state index in [1.165, 1.54) is 51.4 Å². The summed E-state index contributed by atoms with van der Waals surface area (Å²) in [5.41, 5.74) is 0.970. The molecule has 6 fully saturated rings. The van der Waals surface area contributed by atoms with Crippen molar-refractivity contribution in [3.63, 3.8) is 0 Å². The molecule has 0 unspecified atom stereocenters. The highest BCUT2D eigenvalue weighted by atomic mass is 16.6. The van der Waals surface area contributed by atoms with Crippen molar-refractivity contribution in [1.82, 2.24) is 20.0 Å². The first kappa shape index (κ1) is 21.4. The maximum absolute atomic E-state index is 11.9. The van der Waals surface area contributed by atoms with Gasteiger partial charge in [0, 0.05) is 21.1 Å². The molecular formula is C29H40N4O4. The van der Waals surface area contributed by atoms with E-state index in [2.05, 4.69) is 15.3 Å². The molecule has 6 saturated carbocycles. The molecule has 8 rings (SSSR count). The first-order valence-corrected chi connectivity index (χ1v) is 14.0. The molecule has 8 nitrogen and oxygen atoms in total. The number of aromatic amines is 1. The van der Waals surface area contributed by atoms with Crippen molar-refractivity contribution < 1.29 is 21.7 Å². The lowest BCUT2D eigenvalue weighted by Gasteiger charge is -2.18. The summed E-state index contributed by atoms with van der Waals surface area (Å²) in [6.45, 7) is 6.58. The standard InChI is InChI=1S/C17H24N2O3.C12H16N2O/c1-15(2,3)22-14(20)19-10-4-13(18-19)21-11-5-12-16(6-7-16)17(12)8-9-17;1-7-13-14-10(1)15-8-2-9-11(3-4-11)12(9)5-6-12/h4,10,12H,5-9,11H2,1-3H3;1,7,9H,2-6,8H2,(H,13,14)/i12D;9D. The molecular weight excluding hydrogens is 468 g/mol. The number of rotatable bonds is 8. The van der Waals surface area contributed by atoms with Crippen LogP contribution in [0.15, 0.2) is 24.5 Å². The smallest absolute Gasteiger partial charge is 0.435 e. The zero-order valence-corrected chi connectivity index (χ0v) is 22.3. The zero-order valence-electron chi connectivity index (χ0n) is 24.3. The molecule has 2 aromatic rings. The molecule has 37 heavy (non-hydrogen) atoms. The fourth-order valence-electron chi connectivity index (χ4n) is 7.66. The molecule has 6 aliphatic rings. The van der Waals surface area contributed by atoms with Gasteiger partial charge in [-0.2, -0.15) is 9.78 Å². The molecule has 1 N–H and O–H groups in total. The maximum Gasteiger partial charge on any atom is 0.435 e. The number of fused-ring (bicyclic) bond motifs is 2. The van der Waals surface area contributed by atoms with Crippen LogP contribution in [-0.2, 0) is 4.74 Å². The molecule has 8 heteroatoms. The van der Waals surface area contributed by atoms with Crippen molar-refractivity contribution >= 4 is 6.09 Å². The van der Waals surface area contributed by atoms with Crippen LogP contribution >= 0.6 is 0 Å². The van der Waals surface area contributed by atoms with E-state index in [-0.39, 0.29) is 11.8 Å². The lowest BCUT2D eigenvalue weighted by molar-refractivity contribution is 0.0511. The SMILES string of the molecule is [2H]C1(CCOc2ccn(C(=O)OC(C)(C)C)n2)C2(CC2)C12CC2.[2H]C1(CCOc2ccn[nH]2)C2(CC2)C12CC2. The van der Waals surface area contributed by atoms with E-state index in [1.54, 1.807) is 18.5 Å². The van der Waals surface area contributed by atoms with Crippen molar-refractivity contribution in [2.45, 2.75) is 90.6 Å². The number of hydrogen-bond acceptors (Lipinski definition) is 6. The molecule has 2 aromatic heterocycles. The lowest BCUT2D eigenvalue weighted by Crippen LogP contribution is -2.27. The second-order valence-corrected chi connectivity index (χ2v) is 13.0. The molecule has 0 radical (unpaired) electrons. The molecule has 2 heterocycles. The number of aromatic nitrogens is 4. The van der Waals surface area contributed by atoms with E-state index in [1.807, 2.05) is 26.8 Å². The minimum Gasteiger partial charge on any atom is -0.478 e. The summed E-state index contributed by atoms with van der Waals surface area (Å²) >= 11 is 0. The Bertz CT molecular complexity index is 1230. The van der Waals surface area contributed by atoms with Gasteiger partial charge in [-0.3, -0.25) is 0 Å². The molecule has 0 amide bonds. The topological polar surface area (TPSA) is 91.3 Å². The third-order valence-electron chi connectivity index (χ3n) is 9.85. The first-order valence-electron chi connectivity index (χ1n) is 15.0. The number of ether oxygens (including phenoxy) is 3. The lowest BCUT2D eigenvalue weighted by atomic mass is 10.2. The van der Waals surface area contributed by atoms with Crippen molar-refractivity contribution in [1.29, 1.82) is 0 Å². The second-order valence-electron chi connectivity index (χ2n) is 13.0. The van der Waals surface area contributed by atoms with Gasteiger partial charge in [-0.15, -0.1) is 5.10 Å². The average Bonchev–Trinajstić information content (AvgIpc) is 3.64. The first-order chi connectivity index (χ1) is 18.5. The quantitative estimate of drug-likeness (QED) is 0.469. The van der Waals surface area contributed by atoms with Crippen molar-refractivity contribution in [2.75, 3.05) is 13.2 Å². The molecule has 0 bridgehead atoms. The highest BCUT2D eigenvalue weighted by molar-refractivity contribution is 5.69. The number of carbonyl (C=O) groups is 1. The van der Waals surface area contributed by atoms with Gasteiger partial charge < -0.3 is 14.2 Å². The summed E-state index contributed by atoms with van der Waals surface area (Å²) in [4.78, 5) is 11.9. The van der Waals surface area contributed by atoms with Gasteiger partial charge >= 0.3 is 6.09 Å². The highest BCUT2D eigenvalue weighted by Crippen LogP contribution is 2.93. The summed E-state index contributed by atoms with van der Waals surface area (Å²) in [6.07, 6.45) is 14.4. The minimum atomic E-state index is -0.551. The Labute approximate surface area is 221 Å². The third-order valence-corrected chi connectivity index (χ3v) is 9.85. The molecule has 6 aliphatic carbocycles. The largest absolute Gasteiger partial charge is 0.478 e. The van der Waals surface area contributed by atoms with Crippen molar-refractivity contribution in [3.05, 3.63) is 24.5 Å². The Hall–Kier alpha value is -2.51. The van der Waals surface area contributed by atoms with E-state index in [9.17, 15) is 4.79 Å². The fourth-order valence-corrected chi connectivity index (χ4v) is 7.66. The van der Waals surface area contributed by atoms with Gasteiger partial charge in [-0.25, -0.2) is 9.89 Å². The van der Waals surface area contributed by atoms with Crippen LogP contribution in [-0.4, -0.2) is 44.9 Å². The predicted molar refractivity (Wildman–Crippen MR) is 136 cm³/mol. The molecule has 0 saturated heterocycles. The molecule has 200 valence electrons. The van der Waals surface area contributed by atoms with Gasteiger partial charge in [0.2, 0.25) is 11.8 Å². The monoisotopic (exact) mass is 510 g/mol. The van der Waals surface area contributed by atoms with Gasteiger partial charge in [0.15, 0.2) is 0 Å². The number of hydrogen-bond donors (Lipinski definition) is 1. The van der Waals surface area contributed by atoms with Crippen LogP contribution in [0.5, 0.6) is 11.8 Å². The fraction of sp³-hybridized carbons (Fsp3) is 0.759. The third kappa shape index (κ3) is 3.88. The molecule has 4 spiro atoms. The summed E-state index contributed by atoms with van der Waals surface area (Å²) in [7, 11) is 0. The molecule has 0 aromatic carbocycles. The van der Waals surface area contributed by atoms with Crippen LogP contribution in [0.25, 0.3) is 0 Å². The summed E-state index contributed by atoms with van der Waals surface area (Å²) in [5.74, 6) is 0.710. The van der Waals surface area contributed by atoms with Gasteiger partial charge in [-0.05, 0) is 118 Å². The van der Waals surface area contributed by atoms with Gasteiger partial charge in [0.25, 0.3) is 0 Å². The Balaban J connectivity index is 0.000000138. The molecule has 0 aliphatic heterocycles. The van der Waals surface area contributed by atoms with E-state index in [0.29, 0.717) is 40.8 Å². The predicted octanol–water partition coefficient (Wildman–Crippen LogP) is 5.99. The Morgan fingerprint density at radius 3 is 1.97 bits per heavy atom. The normalized spacial score (nSPS) is 28.0. The van der Waals surface area contributed by atoms with Crippen LogP contribution in [0.4, 0.5) is 4.79 Å². The van der Waals surface area contributed by atoms with Crippen LogP contribution < -0.4 is 9.47 Å².